The van der Waals surface area contributed by atoms with Gasteiger partial charge in [-0.3, -0.25) is 4.90 Å². The van der Waals surface area contributed by atoms with Gasteiger partial charge in [-0.1, -0.05) is 6.92 Å². The number of aliphatic imine (C=N–C) groups is 1. The molecule has 0 aliphatic carbocycles. The number of guanidine groups is 1. The Morgan fingerprint density at radius 3 is 2.51 bits per heavy atom. The number of halogens is 4. The van der Waals surface area contributed by atoms with Gasteiger partial charge in [0.1, 0.15) is 27.9 Å². The highest BCUT2D eigenvalue weighted by Crippen LogP contribution is 2.43. The molecule has 5 rings (SSSR count). The van der Waals surface area contributed by atoms with E-state index < -0.39 is 38.1 Å². The smallest absolute Gasteiger partial charge is 0.418 e. The van der Waals surface area contributed by atoms with Crippen LogP contribution < -0.4 is 21.1 Å². The number of morpholine rings is 1. The Balaban J connectivity index is 1.37. The van der Waals surface area contributed by atoms with Crippen LogP contribution in [0.4, 0.5) is 29.1 Å². The predicted molar refractivity (Wildman–Crippen MR) is 144 cm³/mol. The molecule has 41 heavy (non-hydrogen) atoms. The number of hydrogen-bond donors (Lipinski definition) is 4. The van der Waals surface area contributed by atoms with Gasteiger partial charge in [0, 0.05) is 56.1 Å². The average molecular weight is 604 g/mol. The van der Waals surface area contributed by atoms with Crippen LogP contribution in [0.5, 0.6) is 5.75 Å². The molecule has 1 aromatic heterocycles. The van der Waals surface area contributed by atoms with Gasteiger partial charge in [0.05, 0.1) is 31.6 Å². The zero-order valence-corrected chi connectivity index (χ0v) is 23.5. The number of fused-ring (bicyclic) bond motifs is 1. The summed E-state index contributed by atoms with van der Waals surface area (Å²) in [7, 11) is -2.88. The van der Waals surface area contributed by atoms with Gasteiger partial charge < -0.3 is 30.8 Å². The van der Waals surface area contributed by atoms with Crippen molar-refractivity contribution in [2.75, 3.05) is 57.1 Å². The maximum atomic E-state index is 15.4. The van der Waals surface area contributed by atoms with Gasteiger partial charge in [-0.25, -0.2) is 17.8 Å². The number of hydrogen-bond acceptors (Lipinski definition) is 9. The largest absolute Gasteiger partial charge is 0.495 e. The number of ether oxygens (including phenoxy) is 2. The van der Waals surface area contributed by atoms with E-state index in [4.69, 9.17) is 15.2 Å². The fraction of sp³-hybridized carbons (Fsp3) is 0.560. The number of H-pyrrole nitrogens is 1. The van der Waals surface area contributed by atoms with Crippen LogP contribution >= 0.6 is 0 Å². The lowest BCUT2D eigenvalue weighted by molar-refractivity contribution is -0.138. The molecule has 1 aromatic carbocycles. The number of nitrogens with zero attached hydrogens (tertiary/aromatic N) is 3. The lowest BCUT2D eigenvalue weighted by Crippen LogP contribution is -2.50. The summed E-state index contributed by atoms with van der Waals surface area (Å²) in [5, 5.41) is 5.50. The number of aromatic nitrogens is 1. The summed E-state index contributed by atoms with van der Waals surface area (Å²) >= 11 is 0. The highest BCUT2D eigenvalue weighted by molar-refractivity contribution is 7.89. The number of benzene rings is 1. The van der Waals surface area contributed by atoms with Gasteiger partial charge >= 0.3 is 6.18 Å². The number of anilines is 2. The summed E-state index contributed by atoms with van der Waals surface area (Å²) in [6.07, 6.45) is -2.58. The first-order valence-corrected chi connectivity index (χ1v) is 14.7. The fourth-order valence-corrected chi connectivity index (χ4v) is 7.10. The molecule has 1 unspecified atom stereocenters. The Labute approximate surface area is 235 Å². The predicted octanol–water partition coefficient (Wildman–Crippen LogP) is 3.08. The summed E-state index contributed by atoms with van der Waals surface area (Å²) in [5.74, 6) is -1.12. The highest BCUT2D eigenvalue weighted by Gasteiger charge is 2.45. The summed E-state index contributed by atoms with van der Waals surface area (Å²) in [6.45, 7) is 5.00. The molecule has 0 spiro atoms. The molecular formula is C25H33F4N7O4S. The van der Waals surface area contributed by atoms with Crippen LogP contribution in [0.1, 0.15) is 37.3 Å². The molecule has 16 heteroatoms. The Bertz CT molecular complexity index is 1420. The van der Waals surface area contributed by atoms with Crippen molar-refractivity contribution in [3.63, 3.8) is 0 Å². The van der Waals surface area contributed by atoms with E-state index in [1.807, 2.05) is 0 Å². The number of methoxy groups -OCH3 is 1. The van der Waals surface area contributed by atoms with Crippen molar-refractivity contribution in [1.82, 2.24) is 14.2 Å². The Morgan fingerprint density at radius 1 is 1.22 bits per heavy atom. The van der Waals surface area contributed by atoms with E-state index in [1.165, 1.54) is 11.4 Å². The Hall–Kier alpha value is -2.92. The first-order valence-electron chi connectivity index (χ1n) is 13.3. The summed E-state index contributed by atoms with van der Waals surface area (Å²) in [4.78, 5) is 8.55. The Kier molecular flexibility index (Phi) is 7.97. The van der Waals surface area contributed by atoms with Crippen LogP contribution in [-0.2, 0) is 26.6 Å². The second-order valence-electron chi connectivity index (χ2n) is 10.2. The monoisotopic (exact) mass is 603 g/mol. The minimum absolute atomic E-state index is 0.00531. The first kappa shape index (κ1) is 29.6. The van der Waals surface area contributed by atoms with Gasteiger partial charge in [0.25, 0.3) is 0 Å². The molecule has 5 N–H and O–H groups in total. The van der Waals surface area contributed by atoms with Crippen LogP contribution in [0.3, 0.4) is 0 Å². The first-order chi connectivity index (χ1) is 19.4. The number of nitrogens with two attached hydrogens (primary N) is 1. The number of sulfonamides is 1. The minimum Gasteiger partial charge on any atom is -0.495 e. The molecule has 3 aliphatic heterocycles. The van der Waals surface area contributed by atoms with Gasteiger partial charge in [0.2, 0.25) is 16.0 Å². The van der Waals surface area contributed by atoms with Crippen molar-refractivity contribution < 1.29 is 35.5 Å². The minimum atomic E-state index is -4.66. The summed E-state index contributed by atoms with van der Waals surface area (Å²) < 4.78 is 95.0. The zero-order valence-electron chi connectivity index (χ0n) is 22.6. The van der Waals surface area contributed by atoms with Crippen LogP contribution in [0.15, 0.2) is 28.2 Å². The molecule has 11 nitrogen and oxygen atoms in total. The maximum absolute atomic E-state index is 15.4. The molecule has 2 aromatic rings. The normalized spacial score (nSPS) is 23.0. The van der Waals surface area contributed by atoms with E-state index in [2.05, 4.69) is 25.5 Å². The molecule has 0 saturated carbocycles. The van der Waals surface area contributed by atoms with E-state index in [1.54, 1.807) is 6.92 Å². The third-order valence-corrected chi connectivity index (χ3v) is 9.74. The zero-order chi connectivity index (χ0) is 29.6. The Morgan fingerprint density at radius 2 is 1.90 bits per heavy atom. The van der Waals surface area contributed by atoms with Crippen molar-refractivity contribution in [1.29, 1.82) is 0 Å². The SMILES string of the molecule is CCC1(N)N=C(Nc2cc(F)c(S(=O)(=O)N3CCC(N4CCOCC4)CC3)cc2OC)Nc2[nH]cc(C(F)(F)F)c21. The highest BCUT2D eigenvalue weighted by atomic mass is 32.2. The van der Waals surface area contributed by atoms with E-state index in [-0.39, 0.29) is 54.3 Å². The number of alkyl halides is 3. The van der Waals surface area contributed by atoms with E-state index in [0.717, 1.165) is 31.4 Å². The third-order valence-electron chi connectivity index (χ3n) is 7.82. The second kappa shape index (κ2) is 11.1. The van der Waals surface area contributed by atoms with Crippen LogP contribution in [0.2, 0.25) is 0 Å². The fourth-order valence-electron chi connectivity index (χ4n) is 5.57. The van der Waals surface area contributed by atoms with Crippen LogP contribution in [-0.4, -0.2) is 81.1 Å². The third kappa shape index (κ3) is 5.62. The number of nitrogens with one attached hydrogen (secondary N) is 3. The number of aromatic amines is 1. The molecule has 4 heterocycles. The summed E-state index contributed by atoms with van der Waals surface area (Å²) in [6, 6.07) is 2.28. The van der Waals surface area contributed by atoms with Crippen molar-refractivity contribution >= 4 is 27.5 Å². The molecule has 2 fully saturated rings. The lowest BCUT2D eigenvalue weighted by Gasteiger charge is -2.39. The van der Waals surface area contributed by atoms with E-state index >= 15 is 4.39 Å². The standard InChI is InChI=1S/C25H33F4N7O4S/c1-3-24(30)21-16(25(27,28)29)14-31-22(21)33-23(34-24)32-18-12-17(26)20(13-19(18)39-2)41(37,38)36-6-4-15(5-7-36)35-8-10-40-11-9-35/h12-15,31H,3-11,30H2,1-2H3,(H2,32,33,34). The molecule has 1 atom stereocenters. The van der Waals surface area contributed by atoms with E-state index in [9.17, 15) is 21.6 Å². The average Bonchev–Trinajstić information content (AvgIpc) is 3.39. The lowest BCUT2D eigenvalue weighted by atomic mass is 9.94. The quantitative estimate of drug-likeness (QED) is 0.370. The maximum Gasteiger partial charge on any atom is 0.418 e. The molecule has 2 saturated heterocycles. The van der Waals surface area contributed by atoms with Gasteiger partial charge in [-0.2, -0.15) is 17.5 Å². The molecule has 0 radical (unpaired) electrons. The molecule has 3 aliphatic rings. The van der Waals surface area contributed by atoms with Gasteiger partial charge in [0.15, 0.2) is 0 Å². The second-order valence-corrected chi connectivity index (χ2v) is 12.1. The summed E-state index contributed by atoms with van der Waals surface area (Å²) in [5.41, 5.74) is 3.37. The van der Waals surface area contributed by atoms with E-state index in [0.29, 0.717) is 26.1 Å². The number of piperidine rings is 1. The number of rotatable bonds is 6. The van der Waals surface area contributed by atoms with Crippen LogP contribution in [0, 0.1) is 5.82 Å². The van der Waals surface area contributed by atoms with Crippen molar-refractivity contribution in [3.05, 3.63) is 35.3 Å². The van der Waals surface area contributed by atoms with Crippen LogP contribution in [0.25, 0.3) is 0 Å². The molecular weight excluding hydrogens is 570 g/mol. The molecule has 0 bridgehead atoms. The molecule has 0 amide bonds. The topological polar surface area (TPSA) is 137 Å². The van der Waals surface area contributed by atoms with Crippen molar-refractivity contribution in [3.8, 4) is 5.75 Å². The van der Waals surface area contributed by atoms with Gasteiger partial charge in [-0.15, -0.1) is 0 Å². The van der Waals surface area contributed by atoms with Crippen molar-refractivity contribution in [2.24, 2.45) is 10.7 Å². The van der Waals surface area contributed by atoms with Gasteiger partial charge in [-0.05, 0) is 19.3 Å². The molecule has 226 valence electrons. The van der Waals surface area contributed by atoms with Crippen molar-refractivity contribution in [2.45, 2.75) is 49.0 Å².